The van der Waals surface area contributed by atoms with Crippen LogP contribution in [-0.4, -0.2) is 35.1 Å². The molecule has 0 spiro atoms. The Bertz CT molecular complexity index is 774. The molecule has 1 heterocycles. The van der Waals surface area contributed by atoms with E-state index in [1.165, 1.54) is 16.9 Å². The molecule has 24 heavy (non-hydrogen) atoms. The minimum atomic E-state index is 0.345. The highest BCUT2D eigenvalue weighted by Gasteiger charge is 2.20. The third kappa shape index (κ3) is 3.51. The molecule has 3 rings (SSSR count). The fourth-order valence-corrected chi connectivity index (χ4v) is 3.39. The fraction of sp³-hybridized carbons (Fsp3) is 0.381. The van der Waals surface area contributed by atoms with E-state index in [1.807, 2.05) is 0 Å². The molecule has 0 saturated carbocycles. The van der Waals surface area contributed by atoms with Crippen LogP contribution >= 0.6 is 0 Å². The van der Waals surface area contributed by atoms with E-state index in [9.17, 15) is 0 Å². The molecule has 0 radical (unpaired) electrons. The molecular formula is C21H27N3. The number of rotatable bonds is 7. The van der Waals surface area contributed by atoms with Gasteiger partial charge in [-0.2, -0.15) is 0 Å². The van der Waals surface area contributed by atoms with Crippen molar-refractivity contribution in [3.63, 3.8) is 0 Å². The van der Waals surface area contributed by atoms with Crippen molar-refractivity contribution in [3.8, 4) is 0 Å². The molecule has 1 atom stereocenters. The van der Waals surface area contributed by atoms with Gasteiger partial charge in [0.25, 0.3) is 0 Å². The van der Waals surface area contributed by atoms with Crippen molar-refractivity contribution in [2.75, 3.05) is 20.6 Å². The van der Waals surface area contributed by atoms with Gasteiger partial charge in [0, 0.05) is 12.5 Å². The van der Waals surface area contributed by atoms with Crippen LogP contribution < -0.4 is 0 Å². The number of para-hydroxylation sites is 2. The summed E-state index contributed by atoms with van der Waals surface area (Å²) in [4.78, 5) is 7.25. The van der Waals surface area contributed by atoms with Crippen LogP contribution in [0.5, 0.6) is 0 Å². The standard InChI is InChI=1S/C21H27N3/c1-4-18(17-11-6-5-7-12-17)21-22-19-13-8-9-14-20(19)24(21)16-10-15-23(2)3/h5-9,11-14,18H,4,10,15-16H2,1-3H3. The Balaban J connectivity index is 2.02. The van der Waals surface area contributed by atoms with Crippen LogP contribution in [0.1, 0.15) is 37.1 Å². The summed E-state index contributed by atoms with van der Waals surface area (Å²) >= 11 is 0. The first-order chi connectivity index (χ1) is 11.7. The lowest BCUT2D eigenvalue weighted by molar-refractivity contribution is 0.385. The first kappa shape index (κ1) is 16.7. The Morgan fingerprint density at radius 2 is 1.71 bits per heavy atom. The Morgan fingerprint density at radius 3 is 2.42 bits per heavy atom. The zero-order chi connectivity index (χ0) is 16.9. The summed E-state index contributed by atoms with van der Waals surface area (Å²) in [6, 6.07) is 19.3. The lowest BCUT2D eigenvalue weighted by atomic mass is 9.95. The van der Waals surface area contributed by atoms with E-state index < -0.39 is 0 Å². The van der Waals surface area contributed by atoms with Crippen molar-refractivity contribution in [3.05, 3.63) is 66.0 Å². The van der Waals surface area contributed by atoms with Crippen LogP contribution in [0.3, 0.4) is 0 Å². The van der Waals surface area contributed by atoms with Crippen LogP contribution in [-0.2, 0) is 6.54 Å². The topological polar surface area (TPSA) is 21.1 Å². The lowest BCUT2D eigenvalue weighted by Crippen LogP contribution is -2.17. The first-order valence-electron chi connectivity index (χ1n) is 8.85. The van der Waals surface area contributed by atoms with Crippen LogP contribution in [0.15, 0.2) is 54.6 Å². The Kier molecular flexibility index (Phi) is 5.31. The number of fused-ring (bicyclic) bond motifs is 1. The number of hydrogen-bond donors (Lipinski definition) is 0. The molecule has 0 aliphatic heterocycles. The largest absolute Gasteiger partial charge is 0.327 e. The predicted octanol–water partition coefficient (Wildman–Crippen LogP) is 4.53. The first-order valence-corrected chi connectivity index (χ1v) is 8.85. The number of benzene rings is 2. The molecule has 126 valence electrons. The molecule has 0 fully saturated rings. The molecule has 1 aromatic heterocycles. The fourth-order valence-electron chi connectivity index (χ4n) is 3.39. The summed E-state index contributed by atoms with van der Waals surface area (Å²) in [7, 11) is 4.26. The van der Waals surface area contributed by atoms with Crippen LogP contribution in [0.4, 0.5) is 0 Å². The summed E-state index contributed by atoms with van der Waals surface area (Å²) in [5, 5.41) is 0. The van der Waals surface area contributed by atoms with Crippen molar-refractivity contribution in [2.24, 2.45) is 0 Å². The van der Waals surface area contributed by atoms with Gasteiger partial charge >= 0.3 is 0 Å². The van der Waals surface area contributed by atoms with Crippen molar-refractivity contribution in [1.29, 1.82) is 0 Å². The molecule has 3 nitrogen and oxygen atoms in total. The summed E-state index contributed by atoms with van der Waals surface area (Å²) in [5.41, 5.74) is 3.71. The molecule has 2 aromatic carbocycles. The summed E-state index contributed by atoms with van der Waals surface area (Å²) < 4.78 is 2.43. The summed E-state index contributed by atoms with van der Waals surface area (Å²) in [5.74, 6) is 1.54. The second kappa shape index (κ2) is 7.63. The van der Waals surface area contributed by atoms with E-state index >= 15 is 0 Å². The van der Waals surface area contributed by atoms with Gasteiger partial charge in [-0.1, -0.05) is 49.4 Å². The maximum atomic E-state index is 5.01. The average molecular weight is 321 g/mol. The van der Waals surface area contributed by atoms with E-state index in [0.717, 1.165) is 31.4 Å². The molecule has 0 N–H and O–H groups in total. The maximum Gasteiger partial charge on any atom is 0.117 e. The van der Waals surface area contributed by atoms with Gasteiger partial charge in [0.15, 0.2) is 0 Å². The van der Waals surface area contributed by atoms with E-state index in [2.05, 4.69) is 85.1 Å². The summed E-state index contributed by atoms with van der Waals surface area (Å²) in [6.07, 6.45) is 2.19. The van der Waals surface area contributed by atoms with Crippen molar-refractivity contribution < 1.29 is 0 Å². The van der Waals surface area contributed by atoms with Crippen molar-refractivity contribution in [1.82, 2.24) is 14.5 Å². The van der Waals surface area contributed by atoms with Gasteiger partial charge in [-0.05, 0) is 51.2 Å². The third-order valence-electron chi connectivity index (χ3n) is 4.59. The Hall–Kier alpha value is -2.13. The van der Waals surface area contributed by atoms with E-state index in [1.54, 1.807) is 0 Å². The zero-order valence-electron chi connectivity index (χ0n) is 14.9. The molecule has 3 heteroatoms. The van der Waals surface area contributed by atoms with Gasteiger partial charge in [-0.3, -0.25) is 0 Å². The smallest absolute Gasteiger partial charge is 0.117 e. The molecular weight excluding hydrogens is 294 g/mol. The van der Waals surface area contributed by atoms with Crippen molar-refractivity contribution in [2.45, 2.75) is 32.2 Å². The van der Waals surface area contributed by atoms with Gasteiger partial charge in [0.2, 0.25) is 0 Å². The third-order valence-corrected chi connectivity index (χ3v) is 4.59. The highest BCUT2D eigenvalue weighted by molar-refractivity contribution is 5.76. The molecule has 0 saturated heterocycles. The minimum absolute atomic E-state index is 0.345. The average Bonchev–Trinajstić information content (AvgIpc) is 2.95. The number of nitrogens with zero attached hydrogens (tertiary/aromatic N) is 3. The maximum absolute atomic E-state index is 5.01. The van der Waals surface area contributed by atoms with Gasteiger partial charge in [-0.15, -0.1) is 0 Å². The quantitative estimate of drug-likeness (QED) is 0.637. The normalized spacial score (nSPS) is 12.8. The van der Waals surface area contributed by atoms with Gasteiger partial charge in [-0.25, -0.2) is 4.98 Å². The molecule has 0 aliphatic rings. The van der Waals surface area contributed by atoms with Crippen LogP contribution in [0.2, 0.25) is 0 Å². The van der Waals surface area contributed by atoms with Crippen LogP contribution in [0.25, 0.3) is 11.0 Å². The SMILES string of the molecule is CCC(c1ccccc1)c1nc2ccccc2n1CCCN(C)C. The molecule has 3 aromatic rings. The second-order valence-corrected chi connectivity index (χ2v) is 6.64. The monoisotopic (exact) mass is 321 g/mol. The highest BCUT2D eigenvalue weighted by Crippen LogP contribution is 2.30. The number of imidazole rings is 1. The van der Waals surface area contributed by atoms with Gasteiger partial charge < -0.3 is 9.47 Å². The van der Waals surface area contributed by atoms with E-state index in [0.29, 0.717) is 5.92 Å². The van der Waals surface area contributed by atoms with Crippen molar-refractivity contribution >= 4 is 11.0 Å². The zero-order valence-corrected chi connectivity index (χ0v) is 14.9. The molecule has 0 bridgehead atoms. The van der Waals surface area contributed by atoms with E-state index in [-0.39, 0.29) is 0 Å². The second-order valence-electron chi connectivity index (χ2n) is 6.64. The number of aryl methyl sites for hydroxylation is 1. The molecule has 0 aliphatic carbocycles. The summed E-state index contributed by atoms with van der Waals surface area (Å²) in [6.45, 7) is 4.35. The van der Waals surface area contributed by atoms with Crippen LogP contribution in [0, 0.1) is 0 Å². The lowest BCUT2D eigenvalue weighted by Gasteiger charge is -2.18. The van der Waals surface area contributed by atoms with Gasteiger partial charge in [0.05, 0.1) is 11.0 Å². The number of hydrogen-bond acceptors (Lipinski definition) is 2. The number of aromatic nitrogens is 2. The molecule has 0 amide bonds. The predicted molar refractivity (Wildman–Crippen MR) is 101 cm³/mol. The molecule has 1 unspecified atom stereocenters. The van der Waals surface area contributed by atoms with Gasteiger partial charge in [0.1, 0.15) is 5.82 Å². The minimum Gasteiger partial charge on any atom is -0.327 e. The highest BCUT2D eigenvalue weighted by atomic mass is 15.1. The Labute approximate surface area is 144 Å². The van der Waals surface area contributed by atoms with E-state index in [4.69, 9.17) is 4.98 Å². The Morgan fingerprint density at radius 1 is 1.00 bits per heavy atom.